The normalized spacial score (nSPS) is 13.7. The van der Waals surface area contributed by atoms with E-state index in [-0.39, 0.29) is 17.9 Å². The summed E-state index contributed by atoms with van der Waals surface area (Å²) in [6.45, 7) is 2.84. The van der Waals surface area contributed by atoms with E-state index in [2.05, 4.69) is 15.2 Å². The predicted molar refractivity (Wildman–Crippen MR) is 133 cm³/mol. The van der Waals surface area contributed by atoms with Gasteiger partial charge in [-0.3, -0.25) is 9.59 Å². The van der Waals surface area contributed by atoms with Crippen molar-refractivity contribution in [3.05, 3.63) is 99.4 Å². The number of carbonyl (C=O) groups excluding carboxylic acids is 1. The summed E-state index contributed by atoms with van der Waals surface area (Å²) in [6, 6.07) is 18.3. The summed E-state index contributed by atoms with van der Waals surface area (Å²) in [6.07, 6.45) is 3.39. The van der Waals surface area contributed by atoms with Crippen LogP contribution in [0.5, 0.6) is 0 Å². The van der Waals surface area contributed by atoms with Crippen molar-refractivity contribution in [2.24, 2.45) is 0 Å². The Morgan fingerprint density at radius 1 is 1.06 bits per heavy atom. The number of ether oxygens (including phenoxy) is 1. The van der Waals surface area contributed by atoms with Crippen LogP contribution in [0.2, 0.25) is 5.02 Å². The van der Waals surface area contributed by atoms with Crippen LogP contribution in [-0.4, -0.2) is 41.8 Å². The highest BCUT2D eigenvalue weighted by atomic mass is 35.5. The summed E-state index contributed by atoms with van der Waals surface area (Å²) in [7, 11) is 0. The van der Waals surface area contributed by atoms with Crippen LogP contribution < -0.4 is 15.6 Å². The Bertz CT molecular complexity index is 1400. The van der Waals surface area contributed by atoms with Gasteiger partial charge in [-0.1, -0.05) is 29.8 Å². The summed E-state index contributed by atoms with van der Waals surface area (Å²) in [5, 5.41) is 3.98. The van der Waals surface area contributed by atoms with Gasteiger partial charge >= 0.3 is 0 Å². The number of para-hydroxylation sites is 1. The van der Waals surface area contributed by atoms with Crippen molar-refractivity contribution in [1.82, 2.24) is 14.9 Å². The average Bonchev–Trinajstić information content (AvgIpc) is 2.89. The highest BCUT2D eigenvalue weighted by Gasteiger charge is 2.16. The molecule has 1 aliphatic heterocycles. The van der Waals surface area contributed by atoms with Crippen molar-refractivity contribution < 1.29 is 9.53 Å². The number of carbonyl (C=O) groups is 1. The topological polar surface area (TPSA) is 76.5 Å². The zero-order valence-electron chi connectivity index (χ0n) is 18.4. The van der Waals surface area contributed by atoms with Gasteiger partial charge in [-0.2, -0.15) is 0 Å². The highest BCUT2D eigenvalue weighted by Crippen LogP contribution is 2.21. The van der Waals surface area contributed by atoms with Crippen LogP contribution in [0.15, 0.2) is 77.9 Å². The van der Waals surface area contributed by atoms with Gasteiger partial charge in [-0.05, 0) is 42.5 Å². The molecule has 0 radical (unpaired) electrons. The van der Waals surface area contributed by atoms with Crippen molar-refractivity contribution in [3.8, 4) is 5.69 Å². The van der Waals surface area contributed by atoms with Crippen LogP contribution in [0.1, 0.15) is 15.9 Å². The Hall–Kier alpha value is -3.68. The summed E-state index contributed by atoms with van der Waals surface area (Å²) >= 11 is 6.22. The molecular weight excluding hydrogens is 452 g/mol. The third kappa shape index (κ3) is 4.53. The molecule has 8 heteroatoms. The Morgan fingerprint density at radius 3 is 2.65 bits per heavy atom. The summed E-state index contributed by atoms with van der Waals surface area (Å²) in [5.74, 6) is 0.476. The van der Waals surface area contributed by atoms with E-state index in [1.165, 1.54) is 0 Å². The molecule has 0 aliphatic carbocycles. The van der Waals surface area contributed by atoms with Crippen molar-refractivity contribution in [3.63, 3.8) is 0 Å². The maximum Gasteiger partial charge on any atom is 0.251 e. The molecule has 0 saturated carbocycles. The number of pyridine rings is 2. The molecule has 172 valence electrons. The minimum Gasteiger partial charge on any atom is -0.378 e. The number of nitrogens with one attached hydrogen (secondary N) is 1. The zero-order valence-corrected chi connectivity index (χ0v) is 19.2. The number of hydrogen-bond acceptors (Lipinski definition) is 5. The van der Waals surface area contributed by atoms with Crippen LogP contribution in [0.4, 0.5) is 5.82 Å². The van der Waals surface area contributed by atoms with Gasteiger partial charge < -0.3 is 19.5 Å². The highest BCUT2D eigenvalue weighted by molar-refractivity contribution is 6.31. The molecule has 3 heterocycles. The number of aromatic nitrogens is 2. The van der Waals surface area contributed by atoms with Gasteiger partial charge in [0, 0.05) is 59.3 Å². The third-order valence-corrected chi connectivity index (χ3v) is 6.09. The fourth-order valence-electron chi connectivity index (χ4n) is 4.08. The van der Waals surface area contributed by atoms with Gasteiger partial charge in [-0.25, -0.2) is 4.98 Å². The Kier molecular flexibility index (Phi) is 6.29. The van der Waals surface area contributed by atoms with Gasteiger partial charge in [0.1, 0.15) is 5.82 Å². The second-order valence-corrected chi connectivity index (χ2v) is 8.47. The second-order valence-electron chi connectivity index (χ2n) is 8.04. The number of halogens is 1. The lowest BCUT2D eigenvalue weighted by atomic mass is 10.1. The largest absolute Gasteiger partial charge is 0.378 e. The van der Waals surface area contributed by atoms with Gasteiger partial charge in [-0.15, -0.1) is 0 Å². The average molecular weight is 475 g/mol. The Labute approximate surface area is 201 Å². The van der Waals surface area contributed by atoms with Crippen molar-refractivity contribution in [2.45, 2.75) is 6.54 Å². The molecular formula is C26H23ClN4O3. The van der Waals surface area contributed by atoms with Gasteiger partial charge in [0.05, 0.1) is 18.7 Å². The Morgan fingerprint density at radius 2 is 1.85 bits per heavy atom. The SMILES string of the molecule is O=C(NCc1cn(-c2ccccc2)c2cc(Cl)ccc2c1=O)c1ccnc(N2CCOCC2)c1. The Balaban J connectivity index is 1.43. The third-order valence-electron chi connectivity index (χ3n) is 5.86. The van der Waals surface area contributed by atoms with Crippen LogP contribution in [0.25, 0.3) is 16.6 Å². The van der Waals surface area contributed by atoms with Crippen LogP contribution in [-0.2, 0) is 11.3 Å². The molecule has 4 aromatic rings. The molecule has 7 nitrogen and oxygen atoms in total. The molecule has 1 aliphatic rings. The maximum atomic E-state index is 13.2. The number of hydrogen-bond donors (Lipinski definition) is 1. The lowest BCUT2D eigenvalue weighted by Gasteiger charge is -2.27. The van der Waals surface area contributed by atoms with E-state index in [4.69, 9.17) is 16.3 Å². The lowest BCUT2D eigenvalue weighted by Crippen LogP contribution is -2.37. The van der Waals surface area contributed by atoms with Crippen molar-refractivity contribution in [1.29, 1.82) is 0 Å². The molecule has 34 heavy (non-hydrogen) atoms. The van der Waals surface area contributed by atoms with Crippen LogP contribution in [0, 0.1) is 0 Å². The van der Waals surface area contributed by atoms with Crippen LogP contribution >= 0.6 is 11.6 Å². The molecule has 1 fully saturated rings. The molecule has 0 unspecified atom stereocenters. The molecule has 1 N–H and O–H groups in total. The first kappa shape index (κ1) is 22.1. The van der Waals surface area contributed by atoms with Gasteiger partial charge in [0.2, 0.25) is 0 Å². The number of rotatable bonds is 5. The zero-order chi connectivity index (χ0) is 23.5. The monoisotopic (exact) mass is 474 g/mol. The summed E-state index contributed by atoms with van der Waals surface area (Å²) < 4.78 is 7.31. The first-order valence-electron chi connectivity index (χ1n) is 11.1. The van der Waals surface area contributed by atoms with Gasteiger partial charge in [0.15, 0.2) is 5.43 Å². The molecule has 0 bridgehead atoms. The standard InChI is InChI=1S/C26H23ClN4O3/c27-20-6-7-22-23(15-20)31(21-4-2-1-3-5-21)17-19(25(22)32)16-29-26(33)18-8-9-28-24(14-18)30-10-12-34-13-11-30/h1-9,14-15,17H,10-13,16H2,(H,29,33). The second kappa shape index (κ2) is 9.67. The van der Waals surface area contributed by atoms with E-state index in [0.717, 1.165) is 24.6 Å². The van der Waals surface area contributed by atoms with E-state index >= 15 is 0 Å². The summed E-state index contributed by atoms with van der Waals surface area (Å²) in [5.41, 5.74) is 2.44. The molecule has 0 spiro atoms. The van der Waals surface area contributed by atoms with E-state index < -0.39 is 0 Å². The fraction of sp³-hybridized carbons (Fsp3) is 0.192. The quantitative estimate of drug-likeness (QED) is 0.476. The molecule has 2 aromatic heterocycles. The predicted octanol–water partition coefficient (Wildman–Crippen LogP) is 3.81. The first-order chi connectivity index (χ1) is 16.6. The number of nitrogens with zero attached hydrogens (tertiary/aromatic N) is 3. The summed E-state index contributed by atoms with van der Waals surface area (Å²) in [4.78, 5) is 32.6. The molecule has 5 rings (SSSR count). The number of morpholine rings is 1. The van der Waals surface area contributed by atoms with Crippen molar-refractivity contribution >= 4 is 34.2 Å². The minimum absolute atomic E-state index is 0.0955. The number of benzene rings is 2. The fourth-order valence-corrected chi connectivity index (χ4v) is 4.25. The number of fused-ring (bicyclic) bond motifs is 1. The minimum atomic E-state index is -0.265. The molecule has 1 amide bonds. The lowest BCUT2D eigenvalue weighted by molar-refractivity contribution is 0.0950. The molecule has 0 atom stereocenters. The molecule has 1 saturated heterocycles. The number of anilines is 1. The number of amides is 1. The first-order valence-corrected chi connectivity index (χ1v) is 11.4. The smallest absolute Gasteiger partial charge is 0.251 e. The van der Waals surface area contributed by atoms with Gasteiger partial charge in [0.25, 0.3) is 5.91 Å². The van der Waals surface area contributed by atoms with Crippen LogP contribution in [0.3, 0.4) is 0 Å². The van der Waals surface area contributed by atoms with Crippen molar-refractivity contribution in [2.75, 3.05) is 31.2 Å². The maximum absolute atomic E-state index is 13.2. The van der Waals surface area contributed by atoms with E-state index in [1.54, 1.807) is 42.7 Å². The molecule has 2 aromatic carbocycles. The van der Waals surface area contributed by atoms with E-state index in [0.29, 0.717) is 40.3 Å². The van der Waals surface area contributed by atoms with E-state index in [1.807, 2.05) is 34.9 Å². The van der Waals surface area contributed by atoms with E-state index in [9.17, 15) is 9.59 Å².